The van der Waals surface area contributed by atoms with Gasteiger partial charge < -0.3 is 9.67 Å². The van der Waals surface area contributed by atoms with Crippen molar-refractivity contribution >= 4 is 46.3 Å². The van der Waals surface area contributed by atoms with Gasteiger partial charge in [-0.25, -0.2) is 4.79 Å². The molecule has 1 amide bonds. The van der Waals surface area contributed by atoms with E-state index >= 15 is 0 Å². The summed E-state index contributed by atoms with van der Waals surface area (Å²) in [4.78, 5) is 24.9. The van der Waals surface area contributed by atoms with Crippen molar-refractivity contribution in [1.82, 2.24) is 9.24 Å². The van der Waals surface area contributed by atoms with Crippen molar-refractivity contribution in [1.29, 1.82) is 0 Å². The second-order valence-electron chi connectivity index (χ2n) is 7.44. The van der Waals surface area contributed by atoms with E-state index in [1.165, 1.54) is 11.8 Å². The number of thioether (sulfide) groups is 1. The number of benzene rings is 1. The first kappa shape index (κ1) is 21.1. The number of rotatable bonds is 4. The van der Waals surface area contributed by atoms with Gasteiger partial charge in [-0.2, -0.15) is 5.01 Å². The number of aromatic carboxylic acids is 1. The Balaban J connectivity index is 1.70. The van der Waals surface area contributed by atoms with Crippen LogP contribution in [0.5, 0.6) is 0 Å². The molecule has 1 aliphatic heterocycles. The number of aryl methyl sites for hydroxylation is 3. The number of carbonyl (C=O) groups excluding carboxylic acids is 1. The average molecular weight is 452 g/mol. The van der Waals surface area contributed by atoms with Crippen LogP contribution in [0.15, 0.2) is 47.4 Å². The number of amides is 1. The minimum absolute atomic E-state index is 0.145. The molecule has 1 aliphatic rings. The predicted octanol–water partition coefficient (Wildman–Crippen LogP) is 4.75. The number of carbonyl (C=O) groups is 2. The minimum Gasteiger partial charge on any atom is -0.478 e. The molecule has 0 spiro atoms. The molecule has 4 rings (SSSR count). The van der Waals surface area contributed by atoms with Crippen LogP contribution < -0.4 is 5.01 Å². The molecule has 0 saturated carbocycles. The van der Waals surface area contributed by atoms with Gasteiger partial charge in [0, 0.05) is 28.5 Å². The van der Waals surface area contributed by atoms with Crippen molar-refractivity contribution in [2.45, 2.75) is 27.7 Å². The summed E-state index contributed by atoms with van der Waals surface area (Å²) in [6, 6.07) is 12.7. The molecule has 158 valence electrons. The Morgan fingerprint density at radius 3 is 2.19 bits per heavy atom. The zero-order valence-electron chi connectivity index (χ0n) is 17.5. The zero-order chi connectivity index (χ0) is 22.4. The molecule has 0 aliphatic carbocycles. The van der Waals surface area contributed by atoms with Crippen LogP contribution in [-0.2, 0) is 4.79 Å². The molecular weight excluding hydrogens is 430 g/mol. The van der Waals surface area contributed by atoms with Gasteiger partial charge in [-0.1, -0.05) is 11.8 Å². The van der Waals surface area contributed by atoms with Gasteiger partial charge >= 0.3 is 5.97 Å². The number of hydrogen-bond acceptors (Lipinski definition) is 4. The molecule has 1 saturated heterocycles. The first-order valence-electron chi connectivity index (χ1n) is 9.65. The molecule has 3 aromatic rings. The number of thiocarbonyl (C=S) groups is 1. The SMILES string of the molecule is Cc1cc(/C=C2/SC(=S)N(n3c(C)ccc3C)C2=O)c(C)n1-c1ccc(C(=O)O)cc1. The summed E-state index contributed by atoms with van der Waals surface area (Å²) in [6.07, 6.45) is 1.87. The minimum atomic E-state index is -0.955. The van der Waals surface area contributed by atoms with Crippen LogP contribution in [0.3, 0.4) is 0 Å². The maximum Gasteiger partial charge on any atom is 0.335 e. The Morgan fingerprint density at radius 2 is 1.61 bits per heavy atom. The molecule has 8 heteroatoms. The van der Waals surface area contributed by atoms with E-state index in [9.17, 15) is 9.59 Å². The molecule has 1 N–H and O–H groups in total. The number of hydrogen-bond donors (Lipinski definition) is 1. The van der Waals surface area contributed by atoms with E-state index in [0.717, 1.165) is 34.0 Å². The topological polar surface area (TPSA) is 67.5 Å². The van der Waals surface area contributed by atoms with Crippen LogP contribution in [0.2, 0.25) is 0 Å². The fourth-order valence-electron chi connectivity index (χ4n) is 3.83. The van der Waals surface area contributed by atoms with Crippen molar-refractivity contribution < 1.29 is 14.7 Å². The predicted molar refractivity (Wildman–Crippen MR) is 127 cm³/mol. The lowest BCUT2D eigenvalue weighted by atomic mass is 10.2. The highest BCUT2D eigenvalue weighted by Gasteiger charge is 2.35. The fraction of sp³-hybridized carbons (Fsp3) is 0.174. The van der Waals surface area contributed by atoms with E-state index in [-0.39, 0.29) is 11.5 Å². The van der Waals surface area contributed by atoms with Gasteiger partial charge in [0.05, 0.1) is 10.5 Å². The highest BCUT2D eigenvalue weighted by molar-refractivity contribution is 8.27. The van der Waals surface area contributed by atoms with Gasteiger partial charge in [-0.3, -0.25) is 9.47 Å². The van der Waals surface area contributed by atoms with Gasteiger partial charge in [-0.05, 0) is 94.0 Å². The maximum absolute atomic E-state index is 13.2. The first-order chi connectivity index (χ1) is 14.7. The van der Waals surface area contributed by atoms with Gasteiger partial charge in [0.2, 0.25) is 0 Å². The lowest BCUT2D eigenvalue weighted by Gasteiger charge is -2.20. The largest absolute Gasteiger partial charge is 0.478 e. The van der Waals surface area contributed by atoms with E-state index in [0.29, 0.717) is 9.23 Å². The van der Waals surface area contributed by atoms with Crippen LogP contribution in [0, 0.1) is 27.7 Å². The van der Waals surface area contributed by atoms with Crippen molar-refractivity contribution in [3.05, 3.63) is 81.3 Å². The molecule has 0 unspecified atom stereocenters. The molecular formula is C23H21N3O3S2. The normalized spacial score (nSPS) is 15.4. The van der Waals surface area contributed by atoms with Gasteiger partial charge in [0.1, 0.15) is 0 Å². The molecule has 2 aromatic heterocycles. The summed E-state index contributed by atoms with van der Waals surface area (Å²) in [5.41, 5.74) is 5.85. The molecule has 0 bridgehead atoms. The molecule has 6 nitrogen and oxygen atoms in total. The Bertz CT molecular complexity index is 1250. The van der Waals surface area contributed by atoms with Gasteiger partial charge in [-0.15, -0.1) is 0 Å². The number of carboxylic acid groups (broad SMARTS) is 1. The lowest BCUT2D eigenvalue weighted by Crippen LogP contribution is -2.39. The summed E-state index contributed by atoms with van der Waals surface area (Å²) in [7, 11) is 0. The molecule has 3 heterocycles. The smallest absolute Gasteiger partial charge is 0.335 e. The number of carboxylic acids is 1. The Morgan fingerprint density at radius 1 is 1.00 bits per heavy atom. The van der Waals surface area contributed by atoms with E-state index in [1.807, 2.05) is 61.2 Å². The van der Waals surface area contributed by atoms with E-state index < -0.39 is 5.97 Å². The summed E-state index contributed by atoms with van der Waals surface area (Å²) < 4.78 is 4.38. The fourth-order valence-corrected chi connectivity index (χ4v) is 5.07. The van der Waals surface area contributed by atoms with Gasteiger partial charge in [0.15, 0.2) is 4.32 Å². The second kappa shape index (κ2) is 7.86. The summed E-state index contributed by atoms with van der Waals surface area (Å²) >= 11 is 6.80. The first-order valence-corrected chi connectivity index (χ1v) is 10.9. The molecule has 0 radical (unpaired) electrons. The standard InChI is InChI=1S/C23H21N3O3S2/c1-13-5-6-14(2)25(13)26-21(27)20(31-23(26)30)12-18-11-15(3)24(16(18)4)19-9-7-17(8-10-19)22(28)29/h5-12H,1-4H3,(H,28,29)/b20-12+. The van der Waals surface area contributed by atoms with Crippen molar-refractivity contribution in [3.8, 4) is 5.69 Å². The second-order valence-corrected chi connectivity index (χ2v) is 9.11. The van der Waals surface area contributed by atoms with Gasteiger partial charge in [0.25, 0.3) is 5.91 Å². The van der Waals surface area contributed by atoms with Crippen LogP contribution >= 0.6 is 24.0 Å². The van der Waals surface area contributed by atoms with Crippen molar-refractivity contribution in [2.24, 2.45) is 0 Å². The van der Waals surface area contributed by atoms with E-state index in [1.54, 1.807) is 29.3 Å². The molecule has 31 heavy (non-hydrogen) atoms. The maximum atomic E-state index is 13.2. The van der Waals surface area contributed by atoms with Crippen molar-refractivity contribution in [3.63, 3.8) is 0 Å². The Hall–Kier alpha value is -3.10. The Kier molecular flexibility index (Phi) is 5.36. The monoisotopic (exact) mass is 451 g/mol. The van der Waals surface area contributed by atoms with Crippen LogP contribution in [0.4, 0.5) is 0 Å². The van der Waals surface area contributed by atoms with Crippen molar-refractivity contribution in [2.75, 3.05) is 5.01 Å². The molecule has 1 fully saturated rings. The molecule has 1 aromatic carbocycles. The lowest BCUT2D eigenvalue weighted by molar-refractivity contribution is -0.114. The zero-order valence-corrected chi connectivity index (χ0v) is 19.2. The number of nitrogens with zero attached hydrogens (tertiary/aromatic N) is 3. The third-order valence-corrected chi connectivity index (χ3v) is 6.62. The summed E-state index contributed by atoms with van der Waals surface area (Å²) in [6.45, 7) is 7.84. The average Bonchev–Trinajstić information content (AvgIpc) is 3.29. The summed E-state index contributed by atoms with van der Waals surface area (Å²) in [5, 5.41) is 10.7. The quantitative estimate of drug-likeness (QED) is 0.458. The van der Waals surface area contributed by atoms with Crippen LogP contribution in [0.1, 0.15) is 38.7 Å². The summed E-state index contributed by atoms with van der Waals surface area (Å²) in [5.74, 6) is -1.10. The van der Waals surface area contributed by atoms with E-state index in [2.05, 4.69) is 0 Å². The highest BCUT2D eigenvalue weighted by Crippen LogP contribution is 2.34. The van der Waals surface area contributed by atoms with E-state index in [4.69, 9.17) is 17.3 Å². The Labute approximate surface area is 189 Å². The highest BCUT2D eigenvalue weighted by atomic mass is 32.2. The number of aromatic nitrogens is 2. The van der Waals surface area contributed by atoms with Crippen LogP contribution in [-0.4, -0.2) is 30.5 Å². The van der Waals surface area contributed by atoms with Crippen LogP contribution in [0.25, 0.3) is 11.8 Å². The molecule has 0 atom stereocenters. The third kappa shape index (κ3) is 3.62. The third-order valence-electron chi connectivity index (χ3n) is 5.34.